The number of hydrogen-bond acceptors (Lipinski definition) is 8. The van der Waals surface area contributed by atoms with E-state index < -0.39 is 4.92 Å². The molecule has 9 nitrogen and oxygen atoms in total. The average Bonchev–Trinajstić information content (AvgIpc) is 2.77. The Hall–Kier alpha value is -3.98. The standard InChI is InChI=1S/C20H17N5O4/c1-29-20-12-18(23-22-16-7-9-17(10-8-16)25(27)28)14(13-26)11-19(20)24-21-15-5-3-2-4-6-15/h2-12,26H,13H2,1H3. The van der Waals surface area contributed by atoms with Gasteiger partial charge in [-0.25, -0.2) is 0 Å². The van der Waals surface area contributed by atoms with Gasteiger partial charge >= 0.3 is 0 Å². The minimum atomic E-state index is -0.488. The number of nitro benzene ring substituents is 1. The largest absolute Gasteiger partial charge is 0.494 e. The van der Waals surface area contributed by atoms with Crippen molar-refractivity contribution < 1.29 is 14.8 Å². The summed E-state index contributed by atoms with van der Waals surface area (Å²) in [4.78, 5) is 10.2. The number of rotatable bonds is 7. The molecule has 1 N–H and O–H groups in total. The van der Waals surface area contributed by atoms with Crippen molar-refractivity contribution in [2.45, 2.75) is 6.61 Å². The summed E-state index contributed by atoms with van der Waals surface area (Å²) in [5.41, 5.74) is 2.40. The number of benzene rings is 3. The number of non-ortho nitro benzene ring substituents is 1. The Kier molecular flexibility index (Phi) is 6.33. The van der Waals surface area contributed by atoms with Gasteiger partial charge in [-0.3, -0.25) is 10.1 Å². The molecule has 0 saturated heterocycles. The molecule has 9 heteroatoms. The Labute approximate surface area is 166 Å². The molecule has 0 aliphatic rings. The van der Waals surface area contributed by atoms with Crippen LogP contribution in [0.3, 0.4) is 0 Å². The van der Waals surface area contributed by atoms with Gasteiger partial charge in [0, 0.05) is 23.8 Å². The monoisotopic (exact) mass is 391 g/mol. The molecule has 3 aromatic rings. The fraction of sp³-hybridized carbons (Fsp3) is 0.100. The Morgan fingerprint density at radius 2 is 1.52 bits per heavy atom. The maximum atomic E-state index is 10.7. The second-order valence-corrected chi connectivity index (χ2v) is 5.82. The van der Waals surface area contributed by atoms with Gasteiger partial charge in [0.05, 0.1) is 35.7 Å². The van der Waals surface area contributed by atoms with E-state index in [1.54, 1.807) is 12.1 Å². The minimum Gasteiger partial charge on any atom is -0.494 e. The molecule has 0 aromatic heterocycles. The van der Waals surface area contributed by atoms with Crippen LogP contribution in [0.2, 0.25) is 0 Å². The molecular formula is C20H17N5O4. The highest BCUT2D eigenvalue weighted by Gasteiger charge is 2.10. The number of nitro groups is 1. The molecule has 0 fully saturated rings. The van der Waals surface area contributed by atoms with E-state index >= 15 is 0 Å². The molecule has 3 rings (SSSR count). The summed E-state index contributed by atoms with van der Waals surface area (Å²) in [6, 6.07) is 18.1. The maximum Gasteiger partial charge on any atom is 0.269 e. The normalized spacial score (nSPS) is 11.2. The van der Waals surface area contributed by atoms with Crippen molar-refractivity contribution in [3.8, 4) is 5.75 Å². The highest BCUT2D eigenvalue weighted by molar-refractivity contribution is 5.63. The van der Waals surface area contributed by atoms with Crippen molar-refractivity contribution >= 4 is 28.4 Å². The lowest BCUT2D eigenvalue weighted by atomic mass is 10.1. The first-order chi connectivity index (χ1) is 14.1. The van der Waals surface area contributed by atoms with Gasteiger partial charge in [0.2, 0.25) is 0 Å². The van der Waals surface area contributed by atoms with Crippen molar-refractivity contribution in [1.82, 2.24) is 0 Å². The molecule has 0 aliphatic heterocycles. The minimum absolute atomic E-state index is 0.0326. The van der Waals surface area contributed by atoms with Gasteiger partial charge in [-0.2, -0.15) is 15.3 Å². The second-order valence-electron chi connectivity index (χ2n) is 5.82. The number of aliphatic hydroxyl groups excluding tert-OH is 1. The van der Waals surface area contributed by atoms with Gasteiger partial charge in [0.15, 0.2) is 0 Å². The number of nitrogens with zero attached hydrogens (tertiary/aromatic N) is 5. The summed E-state index contributed by atoms with van der Waals surface area (Å²) in [6.45, 7) is -0.285. The van der Waals surface area contributed by atoms with E-state index in [-0.39, 0.29) is 12.3 Å². The molecule has 0 aliphatic carbocycles. The van der Waals surface area contributed by atoms with Crippen molar-refractivity contribution in [2.24, 2.45) is 20.5 Å². The molecule has 3 aromatic carbocycles. The first-order valence-corrected chi connectivity index (χ1v) is 8.55. The van der Waals surface area contributed by atoms with Crippen LogP contribution >= 0.6 is 0 Å². The Morgan fingerprint density at radius 1 is 0.897 bits per heavy atom. The molecule has 146 valence electrons. The van der Waals surface area contributed by atoms with E-state index in [4.69, 9.17) is 4.74 Å². The fourth-order valence-electron chi connectivity index (χ4n) is 2.42. The third kappa shape index (κ3) is 5.05. The van der Waals surface area contributed by atoms with Crippen LogP contribution in [-0.2, 0) is 6.61 Å². The summed E-state index contributed by atoms with van der Waals surface area (Å²) in [5.74, 6) is 0.416. The summed E-state index contributed by atoms with van der Waals surface area (Å²) >= 11 is 0. The molecule has 0 heterocycles. The number of methoxy groups -OCH3 is 1. The van der Waals surface area contributed by atoms with E-state index in [0.717, 1.165) is 0 Å². The smallest absolute Gasteiger partial charge is 0.269 e. The van der Waals surface area contributed by atoms with Gasteiger partial charge < -0.3 is 9.84 Å². The lowest BCUT2D eigenvalue weighted by molar-refractivity contribution is -0.384. The van der Waals surface area contributed by atoms with Gasteiger partial charge in [0.25, 0.3) is 5.69 Å². The van der Waals surface area contributed by atoms with E-state index in [1.807, 2.05) is 30.3 Å². The Morgan fingerprint density at radius 3 is 2.10 bits per heavy atom. The lowest BCUT2D eigenvalue weighted by Crippen LogP contribution is -1.89. The molecule has 0 saturated carbocycles. The zero-order chi connectivity index (χ0) is 20.6. The van der Waals surface area contributed by atoms with Crippen molar-refractivity contribution in [2.75, 3.05) is 7.11 Å². The number of ether oxygens (including phenoxy) is 1. The maximum absolute atomic E-state index is 10.7. The van der Waals surface area contributed by atoms with Crippen LogP contribution in [0.5, 0.6) is 5.75 Å². The van der Waals surface area contributed by atoms with Crippen LogP contribution in [0.15, 0.2) is 87.2 Å². The van der Waals surface area contributed by atoms with E-state index in [2.05, 4.69) is 20.5 Å². The lowest BCUT2D eigenvalue weighted by Gasteiger charge is -2.08. The topological polar surface area (TPSA) is 122 Å². The van der Waals surface area contributed by atoms with Gasteiger partial charge in [-0.15, -0.1) is 5.11 Å². The molecule has 0 atom stereocenters. The molecule has 0 radical (unpaired) electrons. The number of hydrogen-bond donors (Lipinski definition) is 1. The zero-order valence-electron chi connectivity index (χ0n) is 15.5. The van der Waals surface area contributed by atoms with Gasteiger partial charge in [-0.05, 0) is 30.3 Å². The van der Waals surface area contributed by atoms with E-state index in [0.29, 0.717) is 34.1 Å². The van der Waals surface area contributed by atoms with Crippen LogP contribution in [0.25, 0.3) is 0 Å². The Bertz CT molecular complexity index is 1050. The molecule has 0 spiro atoms. The van der Waals surface area contributed by atoms with Crippen LogP contribution < -0.4 is 4.74 Å². The molecule has 29 heavy (non-hydrogen) atoms. The summed E-state index contributed by atoms with van der Waals surface area (Å²) in [6.07, 6.45) is 0. The number of azo groups is 2. The van der Waals surface area contributed by atoms with Crippen molar-refractivity contribution in [3.05, 3.63) is 82.4 Å². The third-order valence-corrected chi connectivity index (χ3v) is 3.91. The Balaban J connectivity index is 1.89. The van der Waals surface area contributed by atoms with E-state index in [1.165, 1.54) is 31.4 Å². The fourth-order valence-corrected chi connectivity index (χ4v) is 2.42. The molecular weight excluding hydrogens is 374 g/mol. The van der Waals surface area contributed by atoms with Crippen LogP contribution in [0.4, 0.5) is 28.4 Å². The average molecular weight is 391 g/mol. The van der Waals surface area contributed by atoms with Crippen LogP contribution in [0, 0.1) is 10.1 Å². The van der Waals surface area contributed by atoms with Crippen LogP contribution in [-0.4, -0.2) is 17.1 Å². The van der Waals surface area contributed by atoms with Gasteiger partial charge in [0.1, 0.15) is 11.4 Å². The molecule has 0 unspecified atom stereocenters. The summed E-state index contributed by atoms with van der Waals surface area (Å²) in [5, 5.41) is 37.0. The summed E-state index contributed by atoms with van der Waals surface area (Å²) < 4.78 is 5.36. The predicted octanol–water partition coefficient (Wildman–Crippen LogP) is 5.93. The van der Waals surface area contributed by atoms with Gasteiger partial charge in [-0.1, -0.05) is 18.2 Å². The summed E-state index contributed by atoms with van der Waals surface area (Å²) in [7, 11) is 1.49. The quantitative estimate of drug-likeness (QED) is 0.305. The molecule has 0 amide bonds. The van der Waals surface area contributed by atoms with Crippen molar-refractivity contribution in [1.29, 1.82) is 0 Å². The SMILES string of the molecule is COc1cc(N=Nc2ccc([N+](=O)[O-])cc2)c(CO)cc1N=Nc1ccccc1. The van der Waals surface area contributed by atoms with Crippen LogP contribution in [0.1, 0.15) is 5.56 Å². The van der Waals surface area contributed by atoms with Crippen molar-refractivity contribution in [3.63, 3.8) is 0 Å². The zero-order valence-corrected chi connectivity index (χ0v) is 15.5. The first kappa shape index (κ1) is 19.8. The third-order valence-electron chi connectivity index (χ3n) is 3.91. The molecule has 0 bridgehead atoms. The first-order valence-electron chi connectivity index (χ1n) is 8.55. The van der Waals surface area contributed by atoms with E-state index in [9.17, 15) is 15.2 Å². The highest BCUT2D eigenvalue weighted by Crippen LogP contribution is 2.37. The number of aliphatic hydroxyl groups is 1. The highest BCUT2D eigenvalue weighted by atomic mass is 16.6. The predicted molar refractivity (Wildman–Crippen MR) is 107 cm³/mol. The second kappa shape index (κ2) is 9.29.